The zero-order chi connectivity index (χ0) is 16.6. The van der Waals surface area contributed by atoms with Gasteiger partial charge in [-0.2, -0.15) is 0 Å². The molecule has 0 spiro atoms. The Morgan fingerprint density at radius 3 is 2.30 bits per heavy atom. The SMILES string of the molecule is C=COCCOCCOc1ccc(CCCCCCCC)cc1. The minimum Gasteiger partial charge on any atom is -0.499 e. The van der Waals surface area contributed by atoms with Crippen molar-refractivity contribution in [2.45, 2.75) is 51.9 Å². The van der Waals surface area contributed by atoms with Crippen molar-refractivity contribution in [2.24, 2.45) is 0 Å². The van der Waals surface area contributed by atoms with Gasteiger partial charge in [0.25, 0.3) is 0 Å². The van der Waals surface area contributed by atoms with Gasteiger partial charge in [-0.25, -0.2) is 0 Å². The summed E-state index contributed by atoms with van der Waals surface area (Å²) in [6.07, 6.45) is 10.6. The summed E-state index contributed by atoms with van der Waals surface area (Å²) in [5.41, 5.74) is 1.39. The molecule has 0 aliphatic carbocycles. The van der Waals surface area contributed by atoms with E-state index in [9.17, 15) is 0 Å². The smallest absolute Gasteiger partial charge is 0.119 e. The van der Waals surface area contributed by atoms with Crippen molar-refractivity contribution in [3.05, 3.63) is 42.7 Å². The number of rotatable bonds is 15. The monoisotopic (exact) mass is 320 g/mol. The molecule has 0 atom stereocenters. The third-order valence-electron chi connectivity index (χ3n) is 3.70. The van der Waals surface area contributed by atoms with Gasteiger partial charge in [0.2, 0.25) is 0 Å². The summed E-state index contributed by atoms with van der Waals surface area (Å²) in [7, 11) is 0. The molecule has 0 aliphatic rings. The molecule has 0 aliphatic heterocycles. The van der Waals surface area contributed by atoms with Crippen molar-refractivity contribution in [1.82, 2.24) is 0 Å². The number of hydrogen-bond donors (Lipinski definition) is 0. The molecule has 23 heavy (non-hydrogen) atoms. The average Bonchev–Trinajstić information content (AvgIpc) is 2.58. The van der Waals surface area contributed by atoms with Gasteiger partial charge in [-0.15, -0.1) is 0 Å². The molecule has 1 aromatic rings. The molecule has 0 radical (unpaired) electrons. The van der Waals surface area contributed by atoms with E-state index in [0.717, 1.165) is 5.75 Å². The first-order chi connectivity index (χ1) is 11.4. The second-order valence-electron chi connectivity index (χ2n) is 5.66. The molecule has 0 bridgehead atoms. The molecule has 0 fully saturated rings. The fraction of sp³-hybridized carbons (Fsp3) is 0.600. The predicted octanol–water partition coefficient (Wildman–Crippen LogP) is 5.15. The number of ether oxygens (including phenoxy) is 3. The van der Waals surface area contributed by atoms with E-state index in [-0.39, 0.29) is 0 Å². The van der Waals surface area contributed by atoms with Gasteiger partial charge < -0.3 is 14.2 Å². The van der Waals surface area contributed by atoms with Gasteiger partial charge in [0.05, 0.1) is 19.5 Å². The highest BCUT2D eigenvalue weighted by Gasteiger charge is 1.97. The summed E-state index contributed by atoms with van der Waals surface area (Å²) in [5.74, 6) is 0.905. The van der Waals surface area contributed by atoms with E-state index in [1.165, 1.54) is 56.8 Å². The average molecular weight is 320 g/mol. The van der Waals surface area contributed by atoms with Gasteiger partial charge in [0.15, 0.2) is 0 Å². The van der Waals surface area contributed by atoms with E-state index in [1.54, 1.807) is 0 Å². The first-order valence-corrected chi connectivity index (χ1v) is 8.88. The van der Waals surface area contributed by atoms with Crippen molar-refractivity contribution in [3.8, 4) is 5.75 Å². The molecule has 1 aromatic carbocycles. The van der Waals surface area contributed by atoms with Crippen LogP contribution in [0.1, 0.15) is 51.0 Å². The second-order valence-corrected chi connectivity index (χ2v) is 5.66. The molecule has 0 heterocycles. The Morgan fingerprint density at radius 1 is 0.870 bits per heavy atom. The van der Waals surface area contributed by atoms with Gasteiger partial charge in [-0.05, 0) is 30.5 Å². The van der Waals surface area contributed by atoms with E-state index in [1.807, 2.05) is 12.1 Å². The van der Waals surface area contributed by atoms with Gasteiger partial charge in [-0.3, -0.25) is 0 Å². The molecule has 1 rings (SSSR count). The number of unbranched alkanes of at least 4 members (excludes halogenated alkanes) is 5. The summed E-state index contributed by atoms with van der Waals surface area (Å²) < 4.78 is 16.0. The molecule has 0 N–H and O–H groups in total. The van der Waals surface area contributed by atoms with E-state index in [0.29, 0.717) is 26.4 Å². The molecule has 3 nitrogen and oxygen atoms in total. The first kappa shape index (κ1) is 19.6. The minimum absolute atomic E-state index is 0.538. The maximum absolute atomic E-state index is 5.65. The van der Waals surface area contributed by atoms with Crippen LogP contribution in [0, 0.1) is 0 Å². The molecular formula is C20H32O3. The Labute approximate surface area is 141 Å². The van der Waals surface area contributed by atoms with Crippen LogP contribution in [0.4, 0.5) is 0 Å². The Hall–Kier alpha value is -1.48. The van der Waals surface area contributed by atoms with E-state index in [2.05, 4.69) is 25.6 Å². The van der Waals surface area contributed by atoms with Crippen molar-refractivity contribution < 1.29 is 14.2 Å². The van der Waals surface area contributed by atoms with Crippen LogP contribution in [-0.4, -0.2) is 26.4 Å². The summed E-state index contributed by atoms with van der Waals surface area (Å²) in [6.45, 7) is 7.96. The van der Waals surface area contributed by atoms with E-state index >= 15 is 0 Å². The molecular weight excluding hydrogens is 288 g/mol. The topological polar surface area (TPSA) is 27.7 Å². The lowest BCUT2D eigenvalue weighted by Gasteiger charge is -2.08. The third kappa shape index (κ3) is 10.8. The highest BCUT2D eigenvalue weighted by molar-refractivity contribution is 5.27. The lowest BCUT2D eigenvalue weighted by atomic mass is 10.0. The van der Waals surface area contributed by atoms with Crippen LogP contribution in [0.15, 0.2) is 37.1 Å². The molecule has 130 valence electrons. The van der Waals surface area contributed by atoms with E-state index in [4.69, 9.17) is 14.2 Å². The Balaban J connectivity index is 2.05. The van der Waals surface area contributed by atoms with Crippen LogP contribution < -0.4 is 4.74 Å². The fourth-order valence-electron chi connectivity index (χ4n) is 2.37. The van der Waals surface area contributed by atoms with Gasteiger partial charge in [0, 0.05) is 0 Å². The Bertz CT molecular complexity index is 386. The molecule has 3 heteroatoms. The first-order valence-electron chi connectivity index (χ1n) is 8.88. The van der Waals surface area contributed by atoms with Crippen LogP contribution in [0.5, 0.6) is 5.75 Å². The predicted molar refractivity (Wildman–Crippen MR) is 96.0 cm³/mol. The highest BCUT2D eigenvalue weighted by atomic mass is 16.5. The molecule has 0 unspecified atom stereocenters. The highest BCUT2D eigenvalue weighted by Crippen LogP contribution is 2.15. The minimum atomic E-state index is 0.538. The summed E-state index contributed by atoms with van der Waals surface area (Å²) >= 11 is 0. The van der Waals surface area contributed by atoms with Crippen molar-refractivity contribution in [2.75, 3.05) is 26.4 Å². The zero-order valence-corrected chi connectivity index (χ0v) is 14.6. The Kier molecular flexibility index (Phi) is 12.0. The van der Waals surface area contributed by atoms with Gasteiger partial charge >= 0.3 is 0 Å². The summed E-state index contributed by atoms with van der Waals surface area (Å²) in [5, 5.41) is 0. The maximum atomic E-state index is 5.65. The Morgan fingerprint density at radius 2 is 1.57 bits per heavy atom. The van der Waals surface area contributed by atoms with Crippen LogP contribution in [0.3, 0.4) is 0 Å². The van der Waals surface area contributed by atoms with Crippen LogP contribution in [-0.2, 0) is 15.9 Å². The molecule has 0 saturated heterocycles. The largest absolute Gasteiger partial charge is 0.499 e. The van der Waals surface area contributed by atoms with Crippen LogP contribution >= 0.6 is 0 Å². The molecule has 0 amide bonds. The molecule has 0 saturated carbocycles. The van der Waals surface area contributed by atoms with Crippen molar-refractivity contribution in [1.29, 1.82) is 0 Å². The lowest BCUT2D eigenvalue weighted by molar-refractivity contribution is 0.0654. The van der Waals surface area contributed by atoms with Crippen molar-refractivity contribution >= 4 is 0 Å². The lowest BCUT2D eigenvalue weighted by Crippen LogP contribution is -2.09. The fourth-order valence-corrected chi connectivity index (χ4v) is 2.37. The zero-order valence-electron chi connectivity index (χ0n) is 14.6. The number of aryl methyl sites for hydroxylation is 1. The quantitative estimate of drug-likeness (QED) is 0.330. The normalized spacial score (nSPS) is 10.5. The van der Waals surface area contributed by atoms with Crippen LogP contribution in [0.25, 0.3) is 0 Å². The molecule has 0 aromatic heterocycles. The van der Waals surface area contributed by atoms with Gasteiger partial charge in [-0.1, -0.05) is 57.7 Å². The summed E-state index contributed by atoms with van der Waals surface area (Å²) in [6, 6.07) is 8.43. The number of hydrogen-bond acceptors (Lipinski definition) is 3. The maximum Gasteiger partial charge on any atom is 0.119 e. The van der Waals surface area contributed by atoms with E-state index < -0.39 is 0 Å². The third-order valence-corrected chi connectivity index (χ3v) is 3.70. The van der Waals surface area contributed by atoms with Crippen molar-refractivity contribution in [3.63, 3.8) is 0 Å². The second kappa shape index (κ2) is 14.1. The number of benzene rings is 1. The van der Waals surface area contributed by atoms with Crippen LogP contribution in [0.2, 0.25) is 0 Å². The standard InChI is InChI=1S/C20H32O3/c1-3-5-6-7-8-9-10-19-11-13-20(14-12-19)23-18-17-22-16-15-21-4-2/h4,11-14H,2-3,5-10,15-18H2,1H3. The summed E-state index contributed by atoms with van der Waals surface area (Å²) in [4.78, 5) is 0. The van der Waals surface area contributed by atoms with Gasteiger partial charge in [0.1, 0.15) is 19.0 Å².